The summed E-state index contributed by atoms with van der Waals surface area (Å²) >= 11 is 0. The zero-order valence-corrected chi connectivity index (χ0v) is 5.98. The minimum absolute atomic E-state index is 0.0744. The number of aryl methyl sites for hydroxylation is 1. The Kier molecular flexibility index (Phi) is 2.03. The molecule has 0 bridgehead atoms. The molecule has 0 amide bonds. The Morgan fingerprint density at radius 2 is 2.00 bits per heavy atom. The summed E-state index contributed by atoms with van der Waals surface area (Å²) in [7, 11) is 0. The lowest BCUT2D eigenvalue weighted by Crippen LogP contribution is -2.25. The van der Waals surface area contributed by atoms with Gasteiger partial charge in [-0.25, -0.2) is 13.8 Å². The van der Waals surface area contributed by atoms with Crippen LogP contribution in [-0.4, -0.2) is 21.6 Å². The van der Waals surface area contributed by atoms with E-state index in [9.17, 15) is 17.6 Å². The van der Waals surface area contributed by atoms with Crippen LogP contribution in [0.25, 0.3) is 0 Å². The Morgan fingerprint density at radius 1 is 1.42 bits per heavy atom. The molecule has 0 unspecified atom stereocenters. The van der Waals surface area contributed by atoms with Gasteiger partial charge >= 0.3 is 12.3 Å². The molecule has 0 aliphatic rings. The molecular formula is C5H5F4N3. The fourth-order valence-electron chi connectivity index (χ4n) is 0.589. The number of nitrogens with zero attached hydrogens (tertiary/aromatic N) is 2. The van der Waals surface area contributed by atoms with Gasteiger partial charge in [-0.05, 0) is 6.92 Å². The van der Waals surface area contributed by atoms with E-state index in [1.807, 2.05) is 0 Å². The van der Waals surface area contributed by atoms with Crippen LogP contribution >= 0.6 is 0 Å². The van der Waals surface area contributed by atoms with Gasteiger partial charge in [0.1, 0.15) is 5.82 Å². The average molecular weight is 183 g/mol. The molecule has 0 aliphatic carbocycles. The van der Waals surface area contributed by atoms with Crippen molar-refractivity contribution < 1.29 is 17.6 Å². The van der Waals surface area contributed by atoms with Crippen LogP contribution in [0.5, 0.6) is 0 Å². The third kappa shape index (κ3) is 1.39. The van der Waals surface area contributed by atoms with Crippen molar-refractivity contribution in [2.24, 2.45) is 0 Å². The van der Waals surface area contributed by atoms with Gasteiger partial charge in [-0.15, -0.1) is 0 Å². The van der Waals surface area contributed by atoms with Crippen LogP contribution in [-0.2, 0) is 5.92 Å². The summed E-state index contributed by atoms with van der Waals surface area (Å²) in [5, 5.41) is 5.00. The van der Waals surface area contributed by atoms with Crippen LogP contribution in [0.3, 0.4) is 0 Å². The first-order chi connectivity index (χ1) is 5.44. The zero-order chi connectivity index (χ0) is 9.35. The Balaban J connectivity index is 2.97. The Morgan fingerprint density at radius 3 is 2.33 bits per heavy atom. The first-order valence-electron chi connectivity index (χ1n) is 3.00. The lowest BCUT2D eigenvalue weighted by Gasteiger charge is -2.09. The highest BCUT2D eigenvalue weighted by Gasteiger charge is 2.46. The Labute approximate surface area is 64.8 Å². The molecule has 0 saturated heterocycles. The zero-order valence-electron chi connectivity index (χ0n) is 5.98. The molecule has 1 aromatic rings. The second-order valence-corrected chi connectivity index (χ2v) is 2.17. The van der Waals surface area contributed by atoms with E-state index >= 15 is 0 Å². The van der Waals surface area contributed by atoms with E-state index < -0.39 is 18.2 Å². The van der Waals surface area contributed by atoms with Gasteiger partial charge in [0.25, 0.3) is 0 Å². The first-order valence-corrected chi connectivity index (χ1v) is 3.00. The van der Waals surface area contributed by atoms with Gasteiger partial charge in [0.15, 0.2) is 0 Å². The summed E-state index contributed by atoms with van der Waals surface area (Å²) in [4.78, 5) is 3.11. The van der Waals surface area contributed by atoms with E-state index in [2.05, 4.69) is 15.2 Å². The van der Waals surface area contributed by atoms with Gasteiger partial charge in [0, 0.05) is 0 Å². The van der Waals surface area contributed by atoms with Gasteiger partial charge in [-0.2, -0.15) is 13.9 Å². The fraction of sp³-hybridized carbons (Fsp3) is 0.600. The number of halogens is 4. The molecule has 0 atom stereocenters. The standard InChI is InChI=1S/C5H5F4N3/c1-2-10-4(12-11-2)5(8,9)3(6)7/h3H,1H3,(H,10,11,12). The highest BCUT2D eigenvalue weighted by atomic mass is 19.3. The number of hydrogen-bond donors (Lipinski definition) is 1. The Hall–Kier alpha value is -1.14. The van der Waals surface area contributed by atoms with Crippen molar-refractivity contribution in [3.63, 3.8) is 0 Å². The SMILES string of the molecule is Cc1nc(C(F)(F)C(F)F)n[nH]1. The molecular weight excluding hydrogens is 178 g/mol. The second kappa shape index (κ2) is 2.72. The van der Waals surface area contributed by atoms with Crippen molar-refractivity contribution in [1.82, 2.24) is 15.2 Å². The number of hydrogen-bond acceptors (Lipinski definition) is 2. The minimum atomic E-state index is -4.27. The van der Waals surface area contributed by atoms with E-state index in [4.69, 9.17) is 0 Å². The van der Waals surface area contributed by atoms with Crippen molar-refractivity contribution in [2.45, 2.75) is 19.3 Å². The van der Waals surface area contributed by atoms with Crippen LogP contribution in [0.4, 0.5) is 17.6 Å². The van der Waals surface area contributed by atoms with Crippen LogP contribution in [0, 0.1) is 6.92 Å². The minimum Gasteiger partial charge on any atom is -0.263 e. The van der Waals surface area contributed by atoms with Crippen LogP contribution in [0.2, 0.25) is 0 Å². The number of alkyl halides is 4. The molecule has 68 valence electrons. The molecule has 12 heavy (non-hydrogen) atoms. The number of aromatic amines is 1. The molecule has 1 heterocycles. The third-order valence-corrected chi connectivity index (χ3v) is 1.17. The van der Waals surface area contributed by atoms with E-state index in [1.54, 1.807) is 0 Å². The highest BCUT2D eigenvalue weighted by molar-refractivity contribution is 4.97. The highest BCUT2D eigenvalue weighted by Crippen LogP contribution is 2.31. The normalized spacial score (nSPS) is 12.5. The second-order valence-electron chi connectivity index (χ2n) is 2.17. The summed E-state index contributed by atoms with van der Waals surface area (Å²) in [6, 6.07) is 0. The fourth-order valence-corrected chi connectivity index (χ4v) is 0.589. The number of nitrogens with one attached hydrogen (secondary N) is 1. The summed E-state index contributed by atoms with van der Waals surface area (Å²) in [6.07, 6.45) is -3.78. The quantitative estimate of drug-likeness (QED) is 0.705. The van der Waals surface area contributed by atoms with Crippen LogP contribution in [0.15, 0.2) is 0 Å². The largest absolute Gasteiger partial charge is 0.367 e. The van der Waals surface area contributed by atoms with Gasteiger partial charge in [-0.1, -0.05) is 0 Å². The van der Waals surface area contributed by atoms with Crippen molar-refractivity contribution in [3.8, 4) is 0 Å². The summed E-state index contributed by atoms with van der Waals surface area (Å²) in [5.41, 5.74) is 0. The molecule has 0 aliphatic heterocycles. The summed E-state index contributed by atoms with van der Waals surface area (Å²) in [6.45, 7) is 1.35. The lowest BCUT2D eigenvalue weighted by atomic mass is 10.3. The molecule has 0 saturated carbocycles. The van der Waals surface area contributed by atoms with Crippen molar-refractivity contribution in [1.29, 1.82) is 0 Å². The first kappa shape index (κ1) is 8.95. The number of H-pyrrole nitrogens is 1. The maximum Gasteiger partial charge on any atom is 0.367 e. The van der Waals surface area contributed by atoms with Crippen molar-refractivity contribution >= 4 is 0 Å². The van der Waals surface area contributed by atoms with Crippen molar-refractivity contribution in [2.75, 3.05) is 0 Å². The number of rotatable bonds is 2. The van der Waals surface area contributed by atoms with E-state index in [0.717, 1.165) is 0 Å². The number of aromatic nitrogens is 3. The summed E-state index contributed by atoms with van der Waals surface area (Å²) < 4.78 is 48.1. The smallest absolute Gasteiger partial charge is 0.263 e. The predicted molar refractivity (Wildman–Crippen MR) is 31.0 cm³/mol. The van der Waals surface area contributed by atoms with Gasteiger partial charge in [0.2, 0.25) is 5.82 Å². The lowest BCUT2D eigenvalue weighted by molar-refractivity contribution is -0.140. The van der Waals surface area contributed by atoms with Gasteiger partial charge < -0.3 is 0 Å². The summed E-state index contributed by atoms with van der Waals surface area (Å²) in [5.74, 6) is -5.37. The monoisotopic (exact) mass is 183 g/mol. The molecule has 0 spiro atoms. The third-order valence-electron chi connectivity index (χ3n) is 1.17. The molecule has 1 aromatic heterocycles. The molecule has 1 rings (SSSR count). The van der Waals surface area contributed by atoms with E-state index in [-0.39, 0.29) is 5.82 Å². The molecule has 1 N–H and O–H groups in total. The topological polar surface area (TPSA) is 41.6 Å². The molecule has 0 fully saturated rings. The molecule has 0 aromatic carbocycles. The maximum absolute atomic E-state index is 12.4. The molecule has 0 radical (unpaired) electrons. The van der Waals surface area contributed by atoms with Crippen molar-refractivity contribution in [3.05, 3.63) is 11.6 Å². The van der Waals surface area contributed by atoms with Gasteiger partial charge in [0.05, 0.1) is 0 Å². The van der Waals surface area contributed by atoms with Crippen LogP contribution < -0.4 is 0 Å². The van der Waals surface area contributed by atoms with E-state index in [0.29, 0.717) is 0 Å². The maximum atomic E-state index is 12.4. The van der Waals surface area contributed by atoms with Gasteiger partial charge in [-0.3, -0.25) is 5.10 Å². The average Bonchev–Trinajstić information content (AvgIpc) is 2.35. The van der Waals surface area contributed by atoms with E-state index in [1.165, 1.54) is 6.92 Å². The molecule has 7 heteroatoms. The molecule has 3 nitrogen and oxygen atoms in total. The Bertz CT molecular complexity index is 269. The van der Waals surface area contributed by atoms with Crippen LogP contribution in [0.1, 0.15) is 11.6 Å². The predicted octanol–water partition coefficient (Wildman–Crippen LogP) is 1.47.